The molecular formula is C30H27ClN6O2S2. The summed E-state index contributed by atoms with van der Waals surface area (Å²) in [4.78, 5) is 11.1. The van der Waals surface area contributed by atoms with Gasteiger partial charge in [-0.05, 0) is 47.3 Å². The normalized spacial score (nSPS) is 15.1. The number of rotatable bonds is 8. The lowest BCUT2D eigenvalue weighted by Crippen LogP contribution is -2.39. The van der Waals surface area contributed by atoms with E-state index in [1.165, 1.54) is 16.6 Å². The fourth-order valence-corrected chi connectivity index (χ4v) is 6.85. The predicted molar refractivity (Wildman–Crippen MR) is 165 cm³/mol. The average molecular weight is 603 g/mol. The van der Waals surface area contributed by atoms with Gasteiger partial charge in [-0.1, -0.05) is 23.4 Å². The highest BCUT2D eigenvalue weighted by molar-refractivity contribution is 7.99. The molecule has 208 valence electrons. The van der Waals surface area contributed by atoms with E-state index >= 15 is 0 Å². The zero-order chi connectivity index (χ0) is 28.3. The van der Waals surface area contributed by atoms with Gasteiger partial charge in [0.1, 0.15) is 11.8 Å². The standard InChI is InChI=1S/C30H27ClN6O2S2/c1-37-7-5-34-30(37)41-28-4-3-20(10-25(28)31)36-29-19(14-32)15-35-26-12-23(27(38-2)13-24(26)29)18-9-22(40-17-18)11-21-16-33-6-8-39-21/h3-5,7,9-10,12-13,15,17,21,33H,6,8,11,16H2,1-2H3,(H,35,36). The monoisotopic (exact) mass is 602 g/mol. The smallest absolute Gasteiger partial charge is 0.172 e. The summed E-state index contributed by atoms with van der Waals surface area (Å²) in [6, 6.07) is 14.2. The van der Waals surface area contributed by atoms with Gasteiger partial charge in [0, 0.05) is 71.6 Å². The summed E-state index contributed by atoms with van der Waals surface area (Å²) in [5.74, 6) is 0.706. The molecule has 41 heavy (non-hydrogen) atoms. The molecule has 0 spiro atoms. The molecule has 2 N–H and O–H groups in total. The van der Waals surface area contributed by atoms with E-state index < -0.39 is 0 Å². The third-order valence-electron chi connectivity index (χ3n) is 6.89. The minimum atomic E-state index is 0.185. The van der Waals surface area contributed by atoms with Crippen molar-refractivity contribution in [2.45, 2.75) is 22.6 Å². The summed E-state index contributed by atoms with van der Waals surface area (Å²) in [5.41, 5.74) is 4.61. The Labute approximate surface area is 251 Å². The zero-order valence-corrected chi connectivity index (χ0v) is 24.9. The number of fused-ring (bicyclic) bond motifs is 1. The van der Waals surface area contributed by atoms with Gasteiger partial charge in [0.05, 0.1) is 41.6 Å². The fourth-order valence-electron chi connectivity index (χ4n) is 4.79. The first-order chi connectivity index (χ1) is 20.0. The molecule has 1 atom stereocenters. The van der Waals surface area contributed by atoms with Crippen LogP contribution in [0.2, 0.25) is 5.02 Å². The van der Waals surface area contributed by atoms with Crippen molar-refractivity contribution in [2.24, 2.45) is 7.05 Å². The lowest BCUT2D eigenvalue weighted by molar-refractivity contribution is 0.0297. The molecule has 0 amide bonds. The first kappa shape index (κ1) is 27.6. The molecule has 1 aliphatic heterocycles. The lowest BCUT2D eigenvalue weighted by atomic mass is 10.0. The Bertz CT molecular complexity index is 1760. The number of nitrogens with one attached hydrogen (secondary N) is 2. The number of imidazole rings is 1. The summed E-state index contributed by atoms with van der Waals surface area (Å²) < 4.78 is 13.7. The van der Waals surface area contributed by atoms with Crippen LogP contribution in [0.15, 0.2) is 70.4 Å². The molecule has 0 bridgehead atoms. The SMILES string of the molecule is COc1cc2c(Nc3ccc(Sc4nccn4C)c(Cl)c3)c(C#N)cnc2cc1-c1csc(CC2CNCCO2)c1. The molecule has 0 radical (unpaired) electrons. The molecule has 0 aliphatic carbocycles. The van der Waals surface area contributed by atoms with Crippen LogP contribution in [0, 0.1) is 11.3 Å². The third-order valence-corrected chi connectivity index (χ3v) is 9.42. The van der Waals surface area contributed by atoms with Gasteiger partial charge in [0.2, 0.25) is 0 Å². The van der Waals surface area contributed by atoms with Gasteiger partial charge in [0.25, 0.3) is 0 Å². The third kappa shape index (κ3) is 5.91. The molecule has 4 heterocycles. The number of ether oxygens (including phenoxy) is 2. The highest BCUT2D eigenvalue weighted by atomic mass is 35.5. The van der Waals surface area contributed by atoms with Crippen molar-refractivity contribution in [3.8, 4) is 22.9 Å². The first-order valence-corrected chi connectivity index (χ1v) is 15.1. The van der Waals surface area contributed by atoms with E-state index in [0.717, 1.165) is 63.9 Å². The van der Waals surface area contributed by atoms with Crippen LogP contribution in [0.1, 0.15) is 10.4 Å². The summed E-state index contributed by atoms with van der Waals surface area (Å²) in [6.45, 7) is 2.51. The van der Waals surface area contributed by atoms with E-state index in [1.807, 2.05) is 48.1 Å². The van der Waals surface area contributed by atoms with Crippen LogP contribution in [-0.2, 0) is 18.2 Å². The minimum Gasteiger partial charge on any atom is -0.496 e. The maximum atomic E-state index is 9.91. The number of morpholine rings is 1. The van der Waals surface area contributed by atoms with E-state index in [9.17, 15) is 5.26 Å². The molecule has 1 saturated heterocycles. The van der Waals surface area contributed by atoms with Gasteiger partial charge >= 0.3 is 0 Å². The second-order valence-electron chi connectivity index (χ2n) is 9.62. The number of aryl methyl sites for hydroxylation is 1. The molecule has 1 aliphatic rings. The number of hydrogen-bond acceptors (Lipinski definition) is 9. The minimum absolute atomic E-state index is 0.185. The number of methoxy groups -OCH3 is 1. The Hall–Kier alpha value is -3.59. The Kier molecular flexibility index (Phi) is 8.14. The molecule has 5 aromatic rings. The molecule has 6 rings (SSSR count). The molecular weight excluding hydrogens is 576 g/mol. The highest BCUT2D eigenvalue weighted by Crippen LogP contribution is 2.40. The zero-order valence-electron chi connectivity index (χ0n) is 22.5. The lowest BCUT2D eigenvalue weighted by Gasteiger charge is -2.22. The van der Waals surface area contributed by atoms with Crippen molar-refractivity contribution >= 4 is 57.0 Å². The van der Waals surface area contributed by atoms with Gasteiger partial charge in [-0.25, -0.2) is 4.98 Å². The van der Waals surface area contributed by atoms with Crippen LogP contribution in [0.25, 0.3) is 22.0 Å². The van der Waals surface area contributed by atoms with Crippen molar-refractivity contribution in [2.75, 3.05) is 32.1 Å². The molecule has 1 unspecified atom stereocenters. The first-order valence-electron chi connectivity index (χ1n) is 13.0. The fraction of sp³-hybridized carbons (Fsp3) is 0.233. The Morgan fingerprint density at radius 3 is 2.93 bits per heavy atom. The number of thiophene rings is 1. The van der Waals surface area contributed by atoms with Gasteiger partial charge in [-0.15, -0.1) is 11.3 Å². The van der Waals surface area contributed by atoms with Gasteiger partial charge in [-0.3, -0.25) is 4.98 Å². The Morgan fingerprint density at radius 2 is 2.20 bits per heavy atom. The highest BCUT2D eigenvalue weighted by Gasteiger charge is 2.19. The number of hydrogen-bond donors (Lipinski definition) is 2. The van der Waals surface area contributed by atoms with Crippen LogP contribution in [-0.4, -0.2) is 47.4 Å². The van der Waals surface area contributed by atoms with Gasteiger partial charge < -0.3 is 24.7 Å². The van der Waals surface area contributed by atoms with E-state index in [2.05, 4.69) is 38.1 Å². The van der Waals surface area contributed by atoms with Crippen molar-refractivity contribution < 1.29 is 9.47 Å². The predicted octanol–water partition coefficient (Wildman–Crippen LogP) is 6.66. The summed E-state index contributed by atoms with van der Waals surface area (Å²) in [7, 11) is 3.60. The van der Waals surface area contributed by atoms with E-state index in [4.69, 9.17) is 21.1 Å². The number of nitrogens with zero attached hydrogens (tertiary/aromatic N) is 4. The number of pyridine rings is 1. The summed E-state index contributed by atoms with van der Waals surface area (Å²) >= 11 is 9.86. The van der Waals surface area contributed by atoms with Crippen LogP contribution in [0.4, 0.5) is 11.4 Å². The molecule has 11 heteroatoms. The van der Waals surface area contributed by atoms with Crippen molar-refractivity contribution in [3.63, 3.8) is 0 Å². The van der Waals surface area contributed by atoms with Crippen LogP contribution in [0.3, 0.4) is 0 Å². The van der Waals surface area contributed by atoms with E-state index in [0.29, 0.717) is 22.0 Å². The summed E-state index contributed by atoms with van der Waals surface area (Å²) in [6.07, 6.45) is 6.30. The summed E-state index contributed by atoms with van der Waals surface area (Å²) in [5, 5.41) is 21.1. The largest absolute Gasteiger partial charge is 0.496 e. The van der Waals surface area contributed by atoms with Crippen LogP contribution < -0.4 is 15.4 Å². The number of nitriles is 1. The number of aromatic nitrogens is 3. The van der Waals surface area contributed by atoms with Crippen LogP contribution in [0.5, 0.6) is 5.75 Å². The molecule has 2 aromatic carbocycles. The van der Waals surface area contributed by atoms with Gasteiger partial charge in [0.15, 0.2) is 5.16 Å². The molecule has 1 fully saturated rings. The maximum absolute atomic E-state index is 9.91. The van der Waals surface area contributed by atoms with Crippen molar-refractivity contribution in [1.82, 2.24) is 19.9 Å². The van der Waals surface area contributed by atoms with Crippen molar-refractivity contribution in [1.29, 1.82) is 5.26 Å². The number of halogens is 1. The maximum Gasteiger partial charge on any atom is 0.172 e. The molecule has 3 aromatic heterocycles. The Morgan fingerprint density at radius 1 is 1.29 bits per heavy atom. The average Bonchev–Trinajstić information content (AvgIpc) is 3.63. The molecule has 8 nitrogen and oxygen atoms in total. The topological polar surface area (TPSA) is 97.0 Å². The van der Waals surface area contributed by atoms with Crippen LogP contribution >= 0.6 is 34.7 Å². The number of benzene rings is 2. The Balaban J connectivity index is 1.31. The van der Waals surface area contributed by atoms with E-state index in [-0.39, 0.29) is 6.10 Å². The second kappa shape index (κ2) is 12.1. The van der Waals surface area contributed by atoms with Gasteiger partial charge in [-0.2, -0.15) is 5.26 Å². The second-order valence-corrected chi connectivity index (χ2v) is 12.0. The quantitative estimate of drug-likeness (QED) is 0.204. The van der Waals surface area contributed by atoms with E-state index in [1.54, 1.807) is 30.8 Å². The molecule has 0 saturated carbocycles. The van der Waals surface area contributed by atoms with Crippen molar-refractivity contribution in [3.05, 3.63) is 75.8 Å². The number of anilines is 2.